The van der Waals surface area contributed by atoms with Gasteiger partial charge in [0.15, 0.2) is 0 Å². The molecule has 1 atom stereocenters. The SMILES string of the molecule is CC(O)c1ccc(N(C)CCC#N)c([N+](=O)[O-])c1. The van der Waals surface area contributed by atoms with E-state index < -0.39 is 11.0 Å². The van der Waals surface area contributed by atoms with Crippen LogP contribution < -0.4 is 4.90 Å². The number of hydrogen-bond acceptors (Lipinski definition) is 5. The Bertz CT molecular complexity index is 480. The van der Waals surface area contributed by atoms with E-state index in [0.29, 0.717) is 24.2 Å². The molecule has 6 heteroatoms. The van der Waals surface area contributed by atoms with Crippen molar-refractivity contribution in [2.45, 2.75) is 19.4 Å². The zero-order valence-electron chi connectivity index (χ0n) is 10.3. The van der Waals surface area contributed by atoms with Crippen molar-refractivity contribution in [2.75, 3.05) is 18.5 Å². The van der Waals surface area contributed by atoms with Crippen molar-refractivity contribution < 1.29 is 10.0 Å². The van der Waals surface area contributed by atoms with Crippen LogP contribution in [0.5, 0.6) is 0 Å². The highest BCUT2D eigenvalue weighted by Gasteiger charge is 2.18. The van der Waals surface area contributed by atoms with Gasteiger partial charge in [-0.2, -0.15) is 5.26 Å². The van der Waals surface area contributed by atoms with Gasteiger partial charge in [-0.25, -0.2) is 0 Å². The summed E-state index contributed by atoms with van der Waals surface area (Å²) in [5.74, 6) is 0. The molecule has 1 rings (SSSR count). The quantitative estimate of drug-likeness (QED) is 0.636. The lowest BCUT2D eigenvalue weighted by Crippen LogP contribution is -2.19. The van der Waals surface area contributed by atoms with E-state index in [1.807, 2.05) is 6.07 Å². The normalized spacial score (nSPS) is 11.7. The maximum absolute atomic E-state index is 11.0. The van der Waals surface area contributed by atoms with Gasteiger partial charge < -0.3 is 10.0 Å². The summed E-state index contributed by atoms with van der Waals surface area (Å²) in [6.07, 6.45) is -0.451. The van der Waals surface area contributed by atoms with Gasteiger partial charge in [0, 0.05) is 19.7 Å². The van der Waals surface area contributed by atoms with E-state index in [0.717, 1.165) is 0 Å². The maximum Gasteiger partial charge on any atom is 0.292 e. The molecule has 0 bridgehead atoms. The molecule has 0 saturated carbocycles. The zero-order chi connectivity index (χ0) is 13.7. The van der Waals surface area contributed by atoms with Crippen LogP contribution in [-0.4, -0.2) is 23.6 Å². The van der Waals surface area contributed by atoms with E-state index >= 15 is 0 Å². The van der Waals surface area contributed by atoms with Crippen molar-refractivity contribution in [1.82, 2.24) is 0 Å². The van der Waals surface area contributed by atoms with Crippen LogP contribution in [0.2, 0.25) is 0 Å². The predicted molar refractivity (Wildman–Crippen MR) is 67.2 cm³/mol. The standard InChI is InChI=1S/C12H15N3O3/c1-9(16)10-4-5-11(12(8-10)15(17)18)14(2)7-3-6-13/h4-5,8-9,16H,3,7H2,1-2H3. The molecule has 0 radical (unpaired) electrons. The Balaban J connectivity index is 3.12. The molecule has 18 heavy (non-hydrogen) atoms. The minimum absolute atomic E-state index is 0.0613. The number of nitrogens with zero attached hydrogens (tertiary/aromatic N) is 3. The molecule has 0 aromatic heterocycles. The molecule has 0 saturated heterocycles. The average molecular weight is 249 g/mol. The third-order valence-electron chi connectivity index (χ3n) is 2.65. The first-order valence-corrected chi connectivity index (χ1v) is 5.52. The number of benzene rings is 1. The summed E-state index contributed by atoms with van der Waals surface area (Å²) in [7, 11) is 1.70. The summed E-state index contributed by atoms with van der Waals surface area (Å²) in [6, 6.07) is 6.60. The summed E-state index contributed by atoms with van der Waals surface area (Å²) in [5, 5.41) is 28.9. The lowest BCUT2D eigenvalue weighted by molar-refractivity contribution is -0.384. The van der Waals surface area contributed by atoms with E-state index in [-0.39, 0.29) is 5.69 Å². The Hall–Kier alpha value is -2.13. The Morgan fingerprint density at radius 1 is 1.61 bits per heavy atom. The highest BCUT2D eigenvalue weighted by atomic mass is 16.6. The molecule has 0 amide bonds. The molecule has 1 aromatic rings. The lowest BCUT2D eigenvalue weighted by atomic mass is 10.1. The van der Waals surface area contributed by atoms with Crippen LogP contribution in [0.1, 0.15) is 25.0 Å². The molecule has 1 aromatic carbocycles. The molecule has 0 aliphatic rings. The number of anilines is 1. The lowest BCUT2D eigenvalue weighted by Gasteiger charge is -2.18. The number of nitro benzene ring substituents is 1. The fourth-order valence-corrected chi connectivity index (χ4v) is 1.61. The summed E-state index contributed by atoms with van der Waals surface area (Å²) in [6.45, 7) is 1.98. The minimum Gasteiger partial charge on any atom is -0.389 e. The zero-order valence-corrected chi connectivity index (χ0v) is 10.3. The van der Waals surface area contributed by atoms with E-state index in [1.165, 1.54) is 6.07 Å². The molecule has 0 heterocycles. The van der Waals surface area contributed by atoms with Crippen LogP contribution in [0.25, 0.3) is 0 Å². The van der Waals surface area contributed by atoms with Gasteiger partial charge in [0.25, 0.3) is 5.69 Å². The molecule has 0 fully saturated rings. The fraction of sp³-hybridized carbons (Fsp3) is 0.417. The van der Waals surface area contributed by atoms with Gasteiger partial charge in [-0.1, -0.05) is 6.07 Å². The third-order valence-corrected chi connectivity index (χ3v) is 2.65. The fourth-order valence-electron chi connectivity index (χ4n) is 1.61. The van der Waals surface area contributed by atoms with E-state index in [2.05, 4.69) is 0 Å². The first-order valence-electron chi connectivity index (χ1n) is 5.52. The smallest absolute Gasteiger partial charge is 0.292 e. The Morgan fingerprint density at radius 3 is 2.78 bits per heavy atom. The van der Waals surface area contributed by atoms with E-state index in [4.69, 9.17) is 5.26 Å². The second kappa shape index (κ2) is 5.98. The van der Waals surface area contributed by atoms with Gasteiger partial charge in [0.05, 0.1) is 23.5 Å². The third kappa shape index (κ3) is 3.18. The van der Waals surface area contributed by atoms with Crippen molar-refractivity contribution >= 4 is 11.4 Å². The van der Waals surface area contributed by atoms with Gasteiger partial charge in [-0.3, -0.25) is 10.1 Å². The number of hydrogen-bond donors (Lipinski definition) is 1. The highest BCUT2D eigenvalue weighted by molar-refractivity contribution is 5.64. The summed E-state index contributed by atoms with van der Waals surface area (Å²) in [4.78, 5) is 12.2. The molecule has 0 spiro atoms. The van der Waals surface area contributed by atoms with Gasteiger partial charge in [0.1, 0.15) is 5.69 Å². The van der Waals surface area contributed by atoms with Crippen LogP contribution in [0.4, 0.5) is 11.4 Å². The topological polar surface area (TPSA) is 90.4 Å². The molecular formula is C12H15N3O3. The van der Waals surface area contributed by atoms with E-state index in [1.54, 1.807) is 31.0 Å². The van der Waals surface area contributed by atoms with Crippen LogP contribution >= 0.6 is 0 Å². The first kappa shape index (κ1) is 13.9. The van der Waals surface area contributed by atoms with Gasteiger partial charge in [-0.05, 0) is 18.6 Å². The van der Waals surface area contributed by atoms with E-state index in [9.17, 15) is 15.2 Å². The van der Waals surface area contributed by atoms with Crippen molar-refractivity contribution in [2.24, 2.45) is 0 Å². The summed E-state index contributed by atoms with van der Waals surface area (Å²) in [5.41, 5.74) is 0.882. The van der Waals surface area contributed by atoms with Crippen LogP contribution in [0, 0.1) is 21.4 Å². The molecule has 0 aliphatic carbocycles. The monoisotopic (exact) mass is 249 g/mol. The second-order valence-electron chi connectivity index (χ2n) is 4.01. The Labute approximate surface area is 105 Å². The number of rotatable bonds is 5. The number of nitriles is 1. The second-order valence-corrected chi connectivity index (χ2v) is 4.01. The number of aliphatic hydroxyl groups is 1. The largest absolute Gasteiger partial charge is 0.389 e. The average Bonchev–Trinajstić information content (AvgIpc) is 2.34. The number of nitro groups is 1. The molecule has 1 unspecified atom stereocenters. The van der Waals surface area contributed by atoms with Crippen LogP contribution in [-0.2, 0) is 0 Å². The first-order chi connectivity index (χ1) is 8.47. The van der Waals surface area contributed by atoms with Crippen LogP contribution in [0.3, 0.4) is 0 Å². The molecular weight excluding hydrogens is 234 g/mol. The predicted octanol–water partition coefficient (Wildman–Crippen LogP) is 2.00. The summed E-state index contributed by atoms with van der Waals surface area (Å²) >= 11 is 0. The number of aliphatic hydroxyl groups excluding tert-OH is 1. The van der Waals surface area contributed by atoms with Crippen LogP contribution in [0.15, 0.2) is 18.2 Å². The van der Waals surface area contributed by atoms with Crippen molar-refractivity contribution in [3.05, 3.63) is 33.9 Å². The van der Waals surface area contributed by atoms with Gasteiger partial charge in [-0.15, -0.1) is 0 Å². The molecule has 0 aliphatic heterocycles. The molecule has 96 valence electrons. The highest BCUT2D eigenvalue weighted by Crippen LogP contribution is 2.30. The van der Waals surface area contributed by atoms with Crippen molar-refractivity contribution in [3.8, 4) is 6.07 Å². The minimum atomic E-state index is -0.748. The van der Waals surface area contributed by atoms with Gasteiger partial charge >= 0.3 is 0 Å². The Kier molecular flexibility index (Phi) is 4.63. The van der Waals surface area contributed by atoms with Crippen molar-refractivity contribution in [1.29, 1.82) is 5.26 Å². The Morgan fingerprint density at radius 2 is 2.28 bits per heavy atom. The summed E-state index contributed by atoms with van der Waals surface area (Å²) < 4.78 is 0. The van der Waals surface area contributed by atoms with Crippen molar-refractivity contribution in [3.63, 3.8) is 0 Å². The molecule has 1 N–H and O–H groups in total. The maximum atomic E-state index is 11.0. The molecule has 6 nitrogen and oxygen atoms in total. The van der Waals surface area contributed by atoms with Gasteiger partial charge in [0.2, 0.25) is 0 Å².